The van der Waals surface area contributed by atoms with Gasteiger partial charge in [-0.1, -0.05) is 31.4 Å². The van der Waals surface area contributed by atoms with Crippen molar-refractivity contribution in [1.29, 1.82) is 0 Å². The summed E-state index contributed by atoms with van der Waals surface area (Å²) >= 11 is 0. The average Bonchev–Trinajstić information content (AvgIpc) is 2.90. The number of hydrogen-bond donors (Lipinski definition) is 1. The first-order chi connectivity index (χ1) is 17.0. The van der Waals surface area contributed by atoms with Crippen LogP contribution in [0.1, 0.15) is 57.4 Å². The molecule has 1 atom stereocenters. The van der Waals surface area contributed by atoms with Gasteiger partial charge in [0.15, 0.2) is 0 Å². The van der Waals surface area contributed by atoms with Crippen molar-refractivity contribution in [3.8, 4) is 17.2 Å². The van der Waals surface area contributed by atoms with E-state index in [0.717, 1.165) is 48.5 Å². The van der Waals surface area contributed by atoms with Gasteiger partial charge >= 0.3 is 0 Å². The molecule has 190 valence electrons. The van der Waals surface area contributed by atoms with Crippen molar-refractivity contribution < 1.29 is 23.8 Å². The van der Waals surface area contributed by atoms with Crippen molar-refractivity contribution in [2.24, 2.45) is 0 Å². The maximum absolute atomic E-state index is 13.3. The zero-order valence-corrected chi connectivity index (χ0v) is 21.1. The summed E-state index contributed by atoms with van der Waals surface area (Å²) in [4.78, 5) is 28.0. The highest BCUT2D eigenvalue weighted by Gasteiger charge is 2.28. The van der Waals surface area contributed by atoms with E-state index < -0.39 is 6.04 Å². The summed E-state index contributed by atoms with van der Waals surface area (Å²) in [5.41, 5.74) is 0.921. The van der Waals surface area contributed by atoms with Gasteiger partial charge in [-0.05, 0) is 68.1 Å². The van der Waals surface area contributed by atoms with E-state index in [4.69, 9.17) is 14.2 Å². The normalized spacial score (nSPS) is 14.6. The Labute approximate surface area is 208 Å². The van der Waals surface area contributed by atoms with Crippen LogP contribution in [0.3, 0.4) is 0 Å². The fourth-order valence-corrected chi connectivity index (χ4v) is 4.35. The minimum absolute atomic E-state index is 0.0718. The average molecular weight is 483 g/mol. The van der Waals surface area contributed by atoms with E-state index in [2.05, 4.69) is 5.32 Å². The number of hydrogen-bond acceptors (Lipinski definition) is 5. The highest BCUT2D eigenvalue weighted by atomic mass is 16.5. The van der Waals surface area contributed by atoms with Gasteiger partial charge in [0.2, 0.25) is 11.8 Å². The molecule has 7 heteroatoms. The second-order valence-corrected chi connectivity index (χ2v) is 9.02. The van der Waals surface area contributed by atoms with Crippen molar-refractivity contribution >= 4 is 11.8 Å². The van der Waals surface area contributed by atoms with Crippen molar-refractivity contribution in [1.82, 2.24) is 10.2 Å². The number of benzene rings is 2. The van der Waals surface area contributed by atoms with Gasteiger partial charge in [-0.15, -0.1) is 0 Å². The van der Waals surface area contributed by atoms with Crippen LogP contribution in [-0.4, -0.2) is 49.6 Å². The molecular weight excluding hydrogens is 444 g/mol. The Hall–Kier alpha value is -3.22. The van der Waals surface area contributed by atoms with Crippen LogP contribution in [0, 0.1) is 0 Å². The van der Waals surface area contributed by atoms with Gasteiger partial charge in [0, 0.05) is 19.0 Å². The largest absolute Gasteiger partial charge is 0.497 e. The van der Waals surface area contributed by atoms with E-state index in [0.29, 0.717) is 26.0 Å². The van der Waals surface area contributed by atoms with E-state index in [1.807, 2.05) is 55.5 Å². The molecule has 0 bridgehead atoms. The van der Waals surface area contributed by atoms with Crippen molar-refractivity contribution in [3.05, 3.63) is 54.1 Å². The Bertz CT molecular complexity index is 941. The van der Waals surface area contributed by atoms with Gasteiger partial charge in [0.05, 0.1) is 20.8 Å². The maximum atomic E-state index is 13.3. The number of nitrogens with zero attached hydrogens (tertiary/aromatic N) is 1. The number of nitrogens with one attached hydrogen (secondary N) is 1. The second kappa shape index (κ2) is 13.6. The van der Waals surface area contributed by atoms with Crippen LogP contribution in [0.2, 0.25) is 0 Å². The first-order valence-corrected chi connectivity index (χ1v) is 12.5. The predicted octanol–water partition coefficient (Wildman–Crippen LogP) is 4.73. The van der Waals surface area contributed by atoms with Gasteiger partial charge < -0.3 is 24.4 Å². The molecule has 0 unspecified atom stereocenters. The molecule has 35 heavy (non-hydrogen) atoms. The zero-order valence-electron chi connectivity index (χ0n) is 21.1. The predicted molar refractivity (Wildman–Crippen MR) is 136 cm³/mol. The molecule has 3 rings (SSSR count). The molecule has 0 radical (unpaired) electrons. The summed E-state index contributed by atoms with van der Waals surface area (Å²) in [5.74, 6) is 2.05. The second-order valence-electron chi connectivity index (χ2n) is 9.02. The van der Waals surface area contributed by atoms with E-state index in [1.54, 1.807) is 19.1 Å². The summed E-state index contributed by atoms with van der Waals surface area (Å²) in [7, 11) is 3.24. The van der Waals surface area contributed by atoms with Gasteiger partial charge in [0.25, 0.3) is 0 Å². The maximum Gasteiger partial charge on any atom is 0.242 e. The van der Waals surface area contributed by atoms with Crippen LogP contribution >= 0.6 is 0 Å². The quantitative estimate of drug-likeness (QED) is 0.443. The van der Waals surface area contributed by atoms with Crippen LogP contribution < -0.4 is 19.5 Å². The lowest BCUT2D eigenvalue weighted by molar-refractivity contribution is -0.141. The van der Waals surface area contributed by atoms with Crippen LogP contribution in [0.25, 0.3) is 0 Å². The lowest BCUT2D eigenvalue weighted by Gasteiger charge is -2.31. The standard InChI is InChI=1S/C28H38N2O5/c1-21(28(32)29-23-10-5-4-6-11-23)30(20-22-9-7-12-26(19-22)34-3)27(31)13-8-18-35-25-16-14-24(33-2)15-17-25/h7,9,12,14-17,19,21,23H,4-6,8,10-11,13,18,20H2,1-3H3,(H,29,32)/t21-/m1/s1. The van der Waals surface area contributed by atoms with Crippen LogP contribution in [-0.2, 0) is 16.1 Å². The molecule has 1 aliphatic carbocycles. The lowest BCUT2D eigenvalue weighted by Crippen LogP contribution is -2.50. The Morgan fingerprint density at radius 2 is 1.66 bits per heavy atom. The molecular formula is C28H38N2O5. The monoisotopic (exact) mass is 482 g/mol. The zero-order chi connectivity index (χ0) is 25.0. The molecule has 2 aromatic rings. The first-order valence-electron chi connectivity index (χ1n) is 12.5. The number of methoxy groups -OCH3 is 2. The van der Waals surface area contributed by atoms with Crippen LogP contribution in [0.5, 0.6) is 17.2 Å². The fourth-order valence-electron chi connectivity index (χ4n) is 4.35. The molecule has 7 nitrogen and oxygen atoms in total. The molecule has 1 fully saturated rings. The van der Waals surface area contributed by atoms with E-state index in [9.17, 15) is 9.59 Å². The SMILES string of the molecule is COc1ccc(OCCCC(=O)N(Cc2cccc(OC)c2)[C@H](C)C(=O)NC2CCCCC2)cc1. The smallest absolute Gasteiger partial charge is 0.242 e. The van der Waals surface area contributed by atoms with Crippen molar-refractivity contribution in [3.63, 3.8) is 0 Å². The van der Waals surface area contributed by atoms with Gasteiger partial charge in [-0.3, -0.25) is 9.59 Å². The molecule has 1 N–H and O–H groups in total. The topological polar surface area (TPSA) is 77.1 Å². The summed E-state index contributed by atoms with van der Waals surface area (Å²) in [5, 5.41) is 3.17. The number of rotatable bonds is 12. The highest BCUT2D eigenvalue weighted by molar-refractivity contribution is 5.87. The Balaban J connectivity index is 1.60. The Kier molecular flexibility index (Phi) is 10.3. The van der Waals surface area contributed by atoms with E-state index in [-0.39, 0.29) is 17.9 Å². The summed E-state index contributed by atoms with van der Waals surface area (Å²) < 4.78 is 16.3. The summed E-state index contributed by atoms with van der Waals surface area (Å²) in [6, 6.07) is 14.6. The summed E-state index contributed by atoms with van der Waals surface area (Å²) in [6.45, 7) is 2.56. The molecule has 0 spiro atoms. The minimum atomic E-state index is -0.571. The third-order valence-corrected chi connectivity index (χ3v) is 6.47. The van der Waals surface area contributed by atoms with E-state index in [1.165, 1.54) is 6.42 Å². The number of carbonyl (C=O) groups excluding carboxylic acids is 2. The molecule has 0 saturated heterocycles. The Morgan fingerprint density at radius 1 is 0.971 bits per heavy atom. The lowest BCUT2D eigenvalue weighted by atomic mass is 9.95. The van der Waals surface area contributed by atoms with Crippen molar-refractivity contribution in [2.75, 3.05) is 20.8 Å². The molecule has 2 amide bonds. The first kappa shape index (κ1) is 26.4. The van der Waals surface area contributed by atoms with Gasteiger partial charge in [-0.25, -0.2) is 0 Å². The van der Waals surface area contributed by atoms with Crippen LogP contribution in [0.4, 0.5) is 0 Å². The number of carbonyl (C=O) groups is 2. The van der Waals surface area contributed by atoms with E-state index >= 15 is 0 Å². The molecule has 0 aromatic heterocycles. The molecule has 1 saturated carbocycles. The van der Waals surface area contributed by atoms with Gasteiger partial charge in [-0.2, -0.15) is 0 Å². The minimum Gasteiger partial charge on any atom is -0.497 e. The third-order valence-electron chi connectivity index (χ3n) is 6.47. The van der Waals surface area contributed by atoms with Gasteiger partial charge in [0.1, 0.15) is 23.3 Å². The Morgan fingerprint density at radius 3 is 2.34 bits per heavy atom. The molecule has 2 aromatic carbocycles. The molecule has 0 heterocycles. The number of ether oxygens (including phenoxy) is 3. The van der Waals surface area contributed by atoms with Crippen molar-refractivity contribution in [2.45, 2.75) is 70.5 Å². The third kappa shape index (κ3) is 8.19. The summed E-state index contributed by atoms with van der Waals surface area (Å²) in [6.07, 6.45) is 6.36. The number of amides is 2. The molecule has 0 aliphatic heterocycles. The van der Waals surface area contributed by atoms with Crippen LogP contribution in [0.15, 0.2) is 48.5 Å². The molecule has 1 aliphatic rings. The highest BCUT2D eigenvalue weighted by Crippen LogP contribution is 2.20. The fraction of sp³-hybridized carbons (Fsp3) is 0.500.